The Balaban J connectivity index is 1.81. The summed E-state index contributed by atoms with van der Waals surface area (Å²) in [6, 6.07) is 8.90. The zero-order valence-electron chi connectivity index (χ0n) is 13.2. The number of amides is 1. The Morgan fingerprint density at radius 2 is 2.14 bits per heavy atom. The van der Waals surface area contributed by atoms with E-state index in [2.05, 4.69) is 36.2 Å². The van der Waals surface area contributed by atoms with Crippen LogP contribution in [-0.2, 0) is 12.8 Å². The molecule has 116 valence electrons. The number of thiazole rings is 1. The fraction of sp³-hybridized carbons (Fsp3) is 0.444. The molecule has 1 aliphatic rings. The van der Waals surface area contributed by atoms with Gasteiger partial charge in [0.1, 0.15) is 5.69 Å². The summed E-state index contributed by atoms with van der Waals surface area (Å²) in [7, 11) is 0. The molecule has 1 unspecified atom stereocenters. The van der Waals surface area contributed by atoms with Gasteiger partial charge in [-0.2, -0.15) is 0 Å². The summed E-state index contributed by atoms with van der Waals surface area (Å²) < 4.78 is 0. The van der Waals surface area contributed by atoms with Crippen LogP contribution in [0.5, 0.6) is 0 Å². The van der Waals surface area contributed by atoms with Gasteiger partial charge in [-0.15, -0.1) is 11.3 Å². The first kappa shape index (κ1) is 15.2. The van der Waals surface area contributed by atoms with Crippen molar-refractivity contribution >= 4 is 17.2 Å². The van der Waals surface area contributed by atoms with Gasteiger partial charge in [0.15, 0.2) is 0 Å². The molecule has 1 aromatic carbocycles. The van der Waals surface area contributed by atoms with E-state index >= 15 is 0 Å². The molecule has 0 N–H and O–H groups in total. The van der Waals surface area contributed by atoms with Crippen molar-refractivity contribution in [2.75, 3.05) is 6.54 Å². The molecular formula is C18H22N2OS. The van der Waals surface area contributed by atoms with Gasteiger partial charge >= 0.3 is 0 Å². The number of aromatic nitrogens is 1. The van der Waals surface area contributed by atoms with Gasteiger partial charge in [0.2, 0.25) is 0 Å². The van der Waals surface area contributed by atoms with Gasteiger partial charge in [0, 0.05) is 18.0 Å². The Hall–Kier alpha value is -1.68. The van der Waals surface area contributed by atoms with Crippen molar-refractivity contribution in [1.82, 2.24) is 9.88 Å². The molecule has 0 aliphatic heterocycles. The third-order valence-corrected chi connectivity index (χ3v) is 5.10. The summed E-state index contributed by atoms with van der Waals surface area (Å²) in [6.07, 6.45) is 4.05. The highest BCUT2D eigenvalue weighted by Crippen LogP contribution is 2.26. The summed E-state index contributed by atoms with van der Waals surface area (Å²) >= 11 is 1.54. The van der Waals surface area contributed by atoms with Crippen LogP contribution < -0.4 is 0 Å². The molecule has 0 spiro atoms. The standard InChI is InChI=1S/C18H22N2OS/c1-3-10-20(18(21)17-12-22-13(2)19-17)16-9-8-14-6-4-5-7-15(14)11-16/h4-7,12,16H,3,8-11H2,1-2H3. The number of hydrogen-bond donors (Lipinski definition) is 0. The van der Waals surface area contributed by atoms with Gasteiger partial charge in [-0.3, -0.25) is 4.79 Å². The number of aryl methyl sites for hydroxylation is 2. The van der Waals surface area contributed by atoms with E-state index < -0.39 is 0 Å². The van der Waals surface area contributed by atoms with Crippen LogP contribution >= 0.6 is 11.3 Å². The normalized spacial score (nSPS) is 17.1. The topological polar surface area (TPSA) is 33.2 Å². The number of hydrogen-bond acceptors (Lipinski definition) is 3. The first-order valence-corrected chi connectivity index (χ1v) is 8.87. The highest BCUT2D eigenvalue weighted by Gasteiger charge is 2.28. The van der Waals surface area contributed by atoms with E-state index in [1.54, 1.807) is 11.3 Å². The van der Waals surface area contributed by atoms with Crippen LogP contribution in [0.1, 0.15) is 46.4 Å². The van der Waals surface area contributed by atoms with Gasteiger partial charge < -0.3 is 4.90 Å². The Kier molecular flexibility index (Phi) is 4.57. The third-order valence-electron chi connectivity index (χ3n) is 4.33. The Labute approximate surface area is 136 Å². The van der Waals surface area contributed by atoms with E-state index in [0.29, 0.717) is 11.7 Å². The van der Waals surface area contributed by atoms with Crippen LogP contribution in [-0.4, -0.2) is 28.4 Å². The van der Waals surface area contributed by atoms with Gasteiger partial charge in [0.05, 0.1) is 5.01 Å². The monoisotopic (exact) mass is 314 g/mol. The lowest BCUT2D eigenvalue weighted by molar-refractivity contribution is 0.0656. The van der Waals surface area contributed by atoms with Crippen LogP contribution in [0.15, 0.2) is 29.6 Å². The van der Waals surface area contributed by atoms with Gasteiger partial charge in [0.25, 0.3) is 5.91 Å². The molecule has 22 heavy (non-hydrogen) atoms. The second-order valence-electron chi connectivity index (χ2n) is 5.92. The molecule has 0 saturated heterocycles. The smallest absolute Gasteiger partial charge is 0.273 e. The largest absolute Gasteiger partial charge is 0.334 e. The average molecular weight is 314 g/mol. The van der Waals surface area contributed by atoms with Crippen molar-refractivity contribution < 1.29 is 4.79 Å². The SMILES string of the molecule is CCCN(C(=O)c1csc(C)n1)C1CCc2ccccc2C1. The third kappa shape index (κ3) is 3.07. The van der Waals surface area contributed by atoms with E-state index in [0.717, 1.165) is 37.2 Å². The van der Waals surface area contributed by atoms with Crippen LogP contribution in [0, 0.1) is 6.92 Å². The molecule has 3 nitrogen and oxygen atoms in total. The van der Waals surface area contributed by atoms with Gasteiger partial charge in [-0.25, -0.2) is 4.98 Å². The lowest BCUT2D eigenvalue weighted by Gasteiger charge is -2.35. The minimum absolute atomic E-state index is 0.0931. The molecule has 0 radical (unpaired) electrons. The molecule has 3 rings (SSSR count). The predicted molar refractivity (Wildman–Crippen MR) is 90.4 cm³/mol. The molecular weight excluding hydrogens is 292 g/mol. The van der Waals surface area contributed by atoms with Crippen LogP contribution in [0.2, 0.25) is 0 Å². The molecule has 1 aliphatic carbocycles. The maximum absolute atomic E-state index is 12.8. The lowest BCUT2D eigenvalue weighted by Crippen LogP contribution is -2.44. The van der Waals surface area contributed by atoms with Crippen molar-refractivity contribution in [2.24, 2.45) is 0 Å². The number of carbonyl (C=O) groups is 1. The summed E-state index contributed by atoms with van der Waals surface area (Å²) in [5, 5.41) is 2.84. The number of carbonyl (C=O) groups excluding carboxylic acids is 1. The maximum atomic E-state index is 12.8. The average Bonchev–Trinajstić information content (AvgIpc) is 2.98. The van der Waals surface area contributed by atoms with E-state index in [1.807, 2.05) is 17.2 Å². The summed E-state index contributed by atoms with van der Waals surface area (Å²) in [6.45, 7) is 4.88. The van der Waals surface area contributed by atoms with Crippen molar-refractivity contribution in [3.63, 3.8) is 0 Å². The number of benzene rings is 1. The Bertz CT molecular complexity index is 665. The summed E-state index contributed by atoms with van der Waals surface area (Å²) in [5.74, 6) is 0.0931. The first-order chi connectivity index (χ1) is 10.7. The molecule has 4 heteroatoms. The number of nitrogens with zero attached hydrogens (tertiary/aromatic N) is 2. The van der Waals surface area contributed by atoms with Crippen LogP contribution in [0.25, 0.3) is 0 Å². The highest BCUT2D eigenvalue weighted by atomic mass is 32.1. The van der Waals surface area contributed by atoms with Crippen molar-refractivity contribution in [1.29, 1.82) is 0 Å². The second-order valence-corrected chi connectivity index (χ2v) is 6.98. The molecule has 0 bridgehead atoms. The van der Waals surface area contributed by atoms with E-state index in [-0.39, 0.29) is 5.91 Å². The first-order valence-electron chi connectivity index (χ1n) is 7.99. The van der Waals surface area contributed by atoms with Crippen molar-refractivity contribution in [2.45, 2.75) is 45.6 Å². The number of rotatable bonds is 4. The summed E-state index contributed by atoms with van der Waals surface area (Å²) in [4.78, 5) is 19.3. The van der Waals surface area contributed by atoms with E-state index in [9.17, 15) is 4.79 Å². The van der Waals surface area contributed by atoms with E-state index in [4.69, 9.17) is 0 Å². The fourth-order valence-corrected chi connectivity index (χ4v) is 3.83. The quantitative estimate of drug-likeness (QED) is 0.858. The second kappa shape index (κ2) is 6.61. The van der Waals surface area contributed by atoms with Crippen molar-refractivity contribution in [3.8, 4) is 0 Å². The van der Waals surface area contributed by atoms with Crippen molar-refractivity contribution in [3.05, 3.63) is 51.5 Å². The van der Waals surface area contributed by atoms with E-state index in [1.165, 1.54) is 11.1 Å². The highest BCUT2D eigenvalue weighted by molar-refractivity contribution is 7.09. The lowest BCUT2D eigenvalue weighted by atomic mass is 9.87. The van der Waals surface area contributed by atoms with Crippen LogP contribution in [0.3, 0.4) is 0 Å². The Morgan fingerprint density at radius 3 is 2.82 bits per heavy atom. The zero-order valence-corrected chi connectivity index (χ0v) is 14.0. The van der Waals surface area contributed by atoms with Crippen LogP contribution in [0.4, 0.5) is 0 Å². The molecule has 0 fully saturated rings. The minimum atomic E-state index is 0.0931. The zero-order chi connectivity index (χ0) is 15.5. The maximum Gasteiger partial charge on any atom is 0.273 e. The van der Waals surface area contributed by atoms with Gasteiger partial charge in [-0.05, 0) is 43.7 Å². The van der Waals surface area contributed by atoms with Gasteiger partial charge in [-0.1, -0.05) is 31.2 Å². The molecule has 1 amide bonds. The Morgan fingerprint density at radius 1 is 1.36 bits per heavy atom. The predicted octanol–water partition coefficient (Wildman–Crippen LogP) is 3.86. The molecule has 2 aromatic rings. The number of fused-ring (bicyclic) bond motifs is 1. The minimum Gasteiger partial charge on any atom is -0.334 e. The molecule has 1 heterocycles. The summed E-state index contributed by atoms with van der Waals surface area (Å²) in [5.41, 5.74) is 3.43. The molecule has 1 atom stereocenters. The molecule has 1 aromatic heterocycles. The molecule has 0 saturated carbocycles. The fourth-order valence-electron chi connectivity index (χ4n) is 3.24.